The lowest BCUT2D eigenvalue weighted by Crippen LogP contribution is -2.21. The van der Waals surface area contributed by atoms with Crippen LogP contribution in [0.25, 0.3) is 0 Å². The summed E-state index contributed by atoms with van der Waals surface area (Å²) in [5, 5.41) is 18.1. The molecule has 2 amide bonds. The van der Waals surface area contributed by atoms with Crippen molar-refractivity contribution in [2.45, 2.75) is 32.7 Å². The minimum Gasteiger partial charge on any atom is -0.360 e. The fraction of sp³-hybridized carbons (Fsp3) is 0.250. The zero-order valence-corrected chi connectivity index (χ0v) is 15.7. The zero-order chi connectivity index (χ0) is 20.4. The molecule has 9 nitrogen and oxygen atoms in total. The van der Waals surface area contributed by atoms with Gasteiger partial charge in [0, 0.05) is 18.3 Å². The summed E-state index contributed by atoms with van der Waals surface area (Å²) < 4.78 is 6.76. The van der Waals surface area contributed by atoms with Crippen LogP contribution in [0.4, 0.5) is 11.5 Å². The highest BCUT2D eigenvalue weighted by atomic mass is 16.5. The molecular formula is C20H18N6O3. The number of amides is 2. The van der Waals surface area contributed by atoms with Gasteiger partial charge in [-0.15, -0.1) is 0 Å². The number of anilines is 2. The average Bonchev–Trinajstić information content (AvgIpc) is 3.32. The van der Waals surface area contributed by atoms with Gasteiger partial charge < -0.3 is 19.7 Å². The molecule has 2 aromatic heterocycles. The lowest BCUT2D eigenvalue weighted by atomic mass is 10.1. The maximum absolute atomic E-state index is 12.8. The van der Waals surface area contributed by atoms with Gasteiger partial charge in [0.2, 0.25) is 0 Å². The molecule has 3 aromatic rings. The second kappa shape index (κ2) is 7.59. The predicted octanol–water partition coefficient (Wildman–Crippen LogP) is 2.89. The van der Waals surface area contributed by atoms with Crippen LogP contribution in [0.1, 0.15) is 51.0 Å². The van der Waals surface area contributed by atoms with Crippen molar-refractivity contribution in [3.05, 3.63) is 58.9 Å². The third kappa shape index (κ3) is 3.73. The molecule has 146 valence electrons. The molecule has 1 aliphatic heterocycles. The Labute approximate surface area is 166 Å². The van der Waals surface area contributed by atoms with Crippen LogP contribution >= 0.6 is 0 Å². The Balaban J connectivity index is 1.60. The number of benzene rings is 1. The molecule has 0 saturated carbocycles. The molecule has 0 bridgehead atoms. The smallest absolute Gasteiger partial charge is 0.291 e. The maximum Gasteiger partial charge on any atom is 0.291 e. The molecule has 1 aliphatic rings. The maximum atomic E-state index is 12.8. The Morgan fingerprint density at radius 3 is 2.66 bits per heavy atom. The third-order valence-corrected chi connectivity index (χ3v) is 4.68. The Kier molecular flexibility index (Phi) is 4.83. The van der Waals surface area contributed by atoms with Crippen molar-refractivity contribution in [2.75, 3.05) is 10.6 Å². The van der Waals surface area contributed by atoms with Crippen LogP contribution in [0.15, 0.2) is 34.9 Å². The van der Waals surface area contributed by atoms with Gasteiger partial charge in [-0.3, -0.25) is 9.59 Å². The first-order chi connectivity index (χ1) is 14.0. The van der Waals surface area contributed by atoms with E-state index < -0.39 is 11.8 Å². The van der Waals surface area contributed by atoms with Crippen molar-refractivity contribution in [3.63, 3.8) is 0 Å². The molecule has 4 rings (SSSR count). The molecule has 0 fully saturated rings. The van der Waals surface area contributed by atoms with Crippen LogP contribution in [0, 0.1) is 18.3 Å². The molecule has 2 N–H and O–H groups in total. The van der Waals surface area contributed by atoms with E-state index in [-0.39, 0.29) is 11.5 Å². The van der Waals surface area contributed by atoms with Gasteiger partial charge in [0.25, 0.3) is 11.8 Å². The first-order valence-electron chi connectivity index (χ1n) is 9.21. The summed E-state index contributed by atoms with van der Waals surface area (Å²) in [6.07, 6.45) is 2.49. The number of aromatic nitrogens is 3. The van der Waals surface area contributed by atoms with Gasteiger partial charge in [0.15, 0.2) is 17.3 Å². The van der Waals surface area contributed by atoms with E-state index in [4.69, 9.17) is 9.78 Å². The molecule has 29 heavy (non-hydrogen) atoms. The van der Waals surface area contributed by atoms with Crippen molar-refractivity contribution >= 4 is 23.3 Å². The van der Waals surface area contributed by atoms with E-state index in [1.165, 1.54) is 0 Å². The first-order valence-corrected chi connectivity index (χ1v) is 9.21. The van der Waals surface area contributed by atoms with Gasteiger partial charge >= 0.3 is 0 Å². The second-order valence-corrected chi connectivity index (χ2v) is 6.76. The molecular weight excluding hydrogens is 372 g/mol. The summed E-state index contributed by atoms with van der Waals surface area (Å²) in [6.45, 7) is 2.35. The second-order valence-electron chi connectivity index (χ2n) is 6.76. The van der Waals surface area contributed by atoms with Crippen LogP contribution < -0.4 is 10.6 Å². The summed E-state index contributed by atoms with van der Waals surface area (Å²) in [5.41, 5.74) is 2.00. The number of imidazole rings is 1. The molecule has 0 atom stereocenters. The van der Waals surface area contributed by atoms with E-state index in [1.807, 2.05) is 6.07 Å². The average molecular weight is 390 g/mol. The van der Waals surface area contributed by atoms with Crippen LogP contribution in [0.5, 0.6) is 0 Å². The number of hydrogen-bond acceptors (Lipinski definition) is 6. The summed E-state index contributed by atoms with van der Waals surface area (Å²) in [7, 11) is 0. The number of carbonyl (C=O) groups excluding carboxylic acids is 2. The molecule has 0 saturated heterocycles. The largest absolute Gasteiger partial charge is 0.360 e. The van der Waals surface area contributed by atoms with Crippen LogP contribution in [0.2, 0.25) is 0 Å². The number of nitrogens with one attached hydrogen (secondary N) is 2. The number of rotatable bonds is 4. The summed E-state index contributed by atoms with van der Waals surface area (Å²) in [5.74, 6) is 0.226. The van der Waals surface area contributed by atoms with E-state index >= 15 is 0 Å². The highest BCUT2D eigenvalue weighted by Gasteiger charge is 2.28. The minimum atomic E-state index is -0.429. The summed E-state index contributed by atoms with van der Waals surface area (Å²) in [6, 6.07) is 10.2. The first kappa shape index (κ1) is 18.4. The van der Waals surface area contributed by atoms with Crippen LogP contribution in [0.3, 0.4) is 0 Å². The SMILES string of the molecule is Cc1cc(NC(=O)c2nc(C(=O)Nc3ccc(C#N)cc3)n3c2CCCC3)no1. The number of nitrogens with zero attached hydrogens (tertiary/aromatic N) is 4. The standard InChI is InChI=1S/C20H18N6O3/c1-12-10-16(25-29-12)23-19(27)17-15-4-2-3-9-26(15)18(24-17)20(28)22-14-7-5-13(11-21)6-8-14/h5-8,10H,2-4,9H2,1H3,(H,22,28)(H,23,25,27). The normalized spacial score (nSPS) is 12.7. The molecule has 0 spiro atoms. The van der Waals surface area contributed by atoms with E-state index in [0.29, 0.717) is 35.8 Å². The Bertz CT molecular complexity index is 1120. The summed E-state index contributed by atoms with van der Waals surface area (Å²) in [4.78, 5) is 29.9. The van der Waals surface area contributed by atoms with Gasteiger partial charge in [-0.05, 0) is 50.5 Å². The van der Waals surface area contributed by atoms with Crippen molar-refractivity contribution in [1.29, 1.82) is 5.26 Å². The van der Waals surface area contributed by atoms with Gasteiger partial charge in [0.1, 0.15) is 5.76 Å². The number of nitriles is 1. The quantitative estimate of drug-likeness (QED) is 0.705. The number of carbonyl (C=O) groups is 2. The Hall–Kier alpha value is -3.93. The van der Waals surface area contributed by atoms with Gasteiger partial charge in [-0.1, -0.05) is 5.16 Å². The lowest BCUT2D eigenvalue weighted by molar-refractivity contribution is 0.101. The van der Waals surface area contributed by atoms with Crippen molar-refractivity contribution in [3.8, 4) is 6.07 Å². The van der Waals surface area contributed by atoms with Crippen LogP contribution in [-0.2, 0) is 13.0 Å². The zero-order valence-electron chi connectivity index (χ0n) is 15.7. The highest BCUT2D eigenvalue weighted by molar-refractivity contribution is 6.06. The van der Waals surface area contributed by atoms with Crippen molar-refractivity contribution in [1.82, 2.24) is 14.7 Å². The van der Waals surface area contributed by atoms with E-state index in [2.05, 4.69) is 20.8 Å². The highest BCUT2D eigenvalue weighted by Crippen LogP contribution is 2.23. The Morgan fingerprint density at radius 1 is 1.17 bits per heavy atom. The van der Waals surface area contributed by atoms with Gasteiger partial charge in [0.05, 0.1) is 17.3 Å². The molecule has 0 unspecified atom stereocenters. The monoisotopic (exact) mass is 390 g/mol. The lowest BCUT2D eigenvalue weighted by Gasteiger charge is -2.17. The van der Waals surface area contributed by atoms with E-state index in [1.54, 1.807) is 41.8 Å². The molecule has 1 aromatic carbocycles. The molecule has 3 heterocycles. The van der Waals surface area contributed by atoms with E-state index in [0.717, 1.165) is 18.5 Å². The fourth-order valence-corrected chi connectivity index (χ4v) is 3.31. The van der Waals surface area contributed by atoms with E-state index in [9.17, 15) is 9.59 Å². The minimum absolute atomic E-state index is 0.186. The predicted molar refractivity (Wildman–Crippen MR) is 103 cm³/mol. The topological polar surface area (TPSA) is 126 Å². The van der Waals surface area contributed by atoms with Crippen molar-refractivity contribution in [2.24, 2.45) is 0 Å². The Morgan fingerprint density at radius 2 is 1.97 bits per heavy atom. The molecule has 0 aliphatic carbocycles. The summed E-state index contributed by atoms with van der Waals surface area (Å²) >= 11 is 0. The number of aryl methyl sites for hydroxylation is 1. The molecule has 9 heteroatoms. The number of hydrogen-bond donors (Lipinski definition) is 2. The van der Waals surface area contributed by atoms with Gasteiger partial charge in [-0.25, -0.2) is 4.98 Å². The molecule has 0 radical (unpaired) electrons. The van der Waals surface area contributed by atoms with Crippen molar-refractivity contribution < 1.29 is 14.1 Å². The number of fused-ring (bicyclic) bond motifs is 1. The fourth-order valence-electron chi connectivity index (χ4n) is 3.31. The van der Waals surface area contributed by atoms with Gasteiger partial charge in [-0.2, -0.15) is 5.26 Å². The van der Waals surface area contributed by atoms with Crippen LogP contribution in [-0.4, -0.2) is 26.5 Å². The third-order valence-electron chi connectivity index (χ3n) is 4.68.